The quantitative estimate of drug-likeness (QED) is 0.615. The Morgan fingerprint density at radius 3 is 3.20 bits per heavy atom. The topological polar surface area (TPSA) is 41.9 Å². The third kappa shape index (κ3) is 1.46. The minimum Gasteiger partial charge on any atom is -0.374 e. The highest BCUT2D eigenvalue weighted by molar-refractivity contribution is 7.80. The Labute approximate surface area is 94.0 Å². The largest absolute Gasteiger partial charge is 0.374 e. The van der Waals surface area contributed by atoms with Crippen LogP contribution in [0.5, 0.6) is 0 Å². The van der Waals surface area contributed by atoms with Crippen LogP contribution >= 0.6 is 12.2 Å². The lowest BCUT2D eigenvalue weighted by atomic mass is 10.1. The molecule has 0 aliphatic carbocycles. The summed E-state index contributed by atoms with van der Waals surface area (Å²) in [5, 5.41) is 11.3. The highest BCUT2D eigenvalue weighted by Gasteiger charge is 2.23. The van der Waals surface area contributed by atoms with E-state index in [0.717, 1.165) is 49.7 Å². The van der Waals surface area contributed by atoms with Crippen molar-refractivity contribution >= 4 is 17.2 Å². The van der Waals surface area contributed by atoms with Crippen molar-refractivity contribution in [2.45, 2.75) is 25.9 Å². The highest BCUT2D eigenvalue weighted by Crippen LogP contribution is 2.20. The fourth-order valence-electron chi connectivity index (χ4n) is 2.29. The lowest BCUT2D eigenvalue weighted by Gasteiger charge is -2.13. The van der Waals surface area contributed by atoms with E-state index in [9.17, 15) is 0 Å². The Kier molecular flexibility index (Phi) is 2.21. The average molecular weight is 222 g/mol. The SMILES string of the molecule is S=C1NCCCn2nc3c(c21)CNCC3. The summed E-state index contributed by atoms with van der Waals surface area (Å²) >= 11 is 5.39. The van der Waals surface area contributed by atoms with Gasteiger partial charge in [0.15, 0.2) is 0 Å². The maximum absolute atomic E-state index is 5.39. The van der Waals surface area contributed by atoms with Crippen LogP contribution in [0.1, 0.15) is 23.4 Å². The van der Waals surface area contributed by atoms with Gasteiger partial charge < -0.3 is 10.6 Å². The van der Waals surface area contributed by atoms with Gasteiger partial charge in [-0.05, 0) is 6.42 Å². The molecule has 2 aliphatic rings. The second-order valence-electron chi connectivity index (χ2n) is 4.03. The van der Waals surface area contributed by atoms with Crippen LogP contribution in [0.2, 0.25) is 0 Å². The van der Waals surface area contributed by atoms with E-state index < -0.39 is 0 Å². The third-order valence-electron chi connectivity index (χ3n) is 3.02. The molecule has 0 radical (unpaired) electrons. The van der Waals surface area contributed by atoms with Gasteiger partial charge in [0, 0.05) is 38.2 Å². The first-order valence-electron chi connectivity index (χ1n) is 5.44. The van der Waals surface area contributed by atoms with Crippen molar-refractivity contribution in [2.75, 3.05) is 13.1 Å². The fourth-order valence-corrected chi connectivity index (χ4v) is 2.62. The van der Waals surface area contributed by atoms with Crippen molar-refractivity contribution in [1.82, 2.24) is 20.4 Å². The Morgan fingerprint density at radius 2 is 2.27 bits per heavy atom. The Morgan fingerprint density at radius 1 is 1.33 bits per heavy atom. The van der Waals surface area contributed by atoms with E-state index in [1.807, 2.05) is 0 Å². The molecule has 3 heterocycles. The Balaban J connectivity index is 2.12. The van der Waals surface area contributed by atoms with E-state index in [2.05, 4.69) is 20.4 Å². The zero-order chi connectivity index (χ0) is 10.3. The van der Waals surface area contributed by atoms with Crippen molar-refractivity contribution in [3.05, 3.63) is 17.0 Å². The number of rotatable bonds is 0. The van der Waals surface area contributed by atoms with Crippen LogP contribution in [0.25, 0.3) is 0 Å². The van der Waals surface area contributed by atoms with Gasteiger partial charge in [-0.2, -0.15) is 5.10 Å². The monoisotopic (exact) mass is 222 g/mol. The molecule has 2 N–H and O–H groups in total. The van der Waals surface area contributed by atoms with Crippen molar-refractivity contribution in [3.8, 4) is 0 Å². The average Bonchev–Trinajstić information content (AvgIpc) is 2.53. The van der Waals surface area contributed by atoms with E-state index in [4.69, 9.17) is 12.2 Å². The van der Waals surface area contributed by atoms with Crippen LogP contribution in [0, 0.1) is 0 Å². The molecule has 3 rings (SSSR count). The van der Waals surface area contributed by atoms with Crippen LogP contribution in [-0.4, -0.2) is 27.9 Å². The summed E-state index contributed by atoms with van der Waals surface area (Å²) in [6, 6.07) is 0. The summed E-state index contributed by atoms with van der Waals surface area (Å²) in [5.74, 6) is 0. The molecule has 2 aliphatic heterocycles. The first-order chi connectivity index (χ1) is 7.36. The summed E-state index contributed by atoms with van der Waals surface area (Å²) < 4.78 is 2.08. The van der Waals surface area contributed by atoms with Gasteiger partial charge >= 0.3 is 0 Å². The van der Waals surface area contributed by atoms with Crippen LogP contribution in [0.15, 0.2) is 0 Å². The second-order valence-corrected chi connectivity index (χ2v) is 4.44. The van der Waals surface area contributed by atoms with Crippen LogP contribution in [0.4, 0.5) is 0 Å². The summed E-state index contributed by atoms with van der Waals surface area (Å²) in [7, 11) is 0. The molecule has 0 saturated heterocycles. The van der Waals surface area contributed by atoms with Crippen molar-refractivity contribution in [2.24, 2.45) is 0 Å². The molecule has 1 aromatic heterocycles. The van der Waals surface area contributed by atoms with E-state index in [1.54, 1.807) is 0 Å². The first kappa shape index (κ1) is 9.30. The molecule has 80 valence electrons. The number of fused-ring (bicyclic) bond motifs is 3. The van der Waals surface area contributed by atoms with Crippen molar-refractivity contribution in [3.63, 3.8) is 0 Å². The Bertz CT molecular complexity index is 410. The van der Waals surface area contributed by atoms with Gasteiger partial charge in [0.25, 0.3) is 0 Å². The molecular weight excluding hydrogens is 208 g/mol. The smallest absolute Gasteiger partial charge is 0.125 e. The van der Waals surface area contributed by atoms with Crippen LogP contribution in [0.3, 0.4) is 0 Å². The number of thiocarbonyl (C=S) groups is 1. The van der Waals surface area contributed by atoms with E-state index in [1.165, 1.54) is 11.3 Å². The molecule has 0 bridgehead atoms. The molecule has 5 heteroatoms. The summed E-state index contributed by atoms with van der Waals surface area (Å²) in [4.78, 5) is 0.866. The number of aromatic nitrogens is 2. The summed E-state index contributed by atoms with van der Waals surface area (Å²) in [6.45, 7) is 3.88. The fraction of sp³-hybridized carbons (Fsp3) is 0.600. The number of hydrogen-bond acceptors (Lipinski definition) is 3. The molecule has 0 atom stereocenters. The third-order valence-corrected chi connectivity index (χ3v) is 3.36. The minimum absolute atomic E-state index is 0.866. The number of nitrogens with one attached hydrogen (secondary N) is 2. The number of aryl methyl sites for hydroxylation is 1. The van der Waals surface area contributed by atoms with Gasteiger partial charge in [-0.3, -0.25) is 4.68 Å². The van der Waals surface area contributed by atoms with Crippen molar-refractivity contribution < 1.29 is 0 Å². The predicted octanol–water partition coefficient (Wildman–Crippen LogP) is 0.198. The normalized spacial score (nSPS) is 20.1. The molecule has 0 spiro atoms. The molecule has 0 amide bonds. The number of hydrogen-bond donors (Lipinski definition) is 2. The zero-order valence-electron chi connectivity index (χ0n) is 8.55. The lowest BCUT2D eigenvalue weighted by Crippen LogP contribution is -2.27. The first-order valence-corrected chi connectivity index (χ1v) is 5.84. The molecule has 0 aromatic carbocycles. The summed E-state index contributed by atoms with van der Waals surface area (Å²) in [6.07, 6.45) is 2.12. The lowest BCUT2D eigenvalue weighted by molar-refractivity contribution is 0.576. The highest BCUT2D eigenvalue weighted by atomic mass is 32.1. The molecular formula is C10H14N4S. The molecule has 0 fully saturated rings. The standard InChI is InChI=1S/C10H14N4S/c15-10-9-7-6-11-4-2-8(7)13-14(9)5-1-3-12-10/h11H,1-6H2,(H,12,15). The molecule has 4 nitrogen and oxygen atoms in total. The Hall–Kier alpha value is -0.940. The summed E-state index contributed by atoms with van der Waals surface area (Å²) in [5.41, 5.74) is 3.68. The zero-order valence-corrected chi connectivity index (χ0v) is 9.36. The van der Waals surface area contributed by atoms with Gasteiger partial charge in [0.2, 0.25) is 0 Å². The van der Waals surface area contributed by atoms with Gasteiger partial charge in [-0.15, -0.1) is 0 Å². The van der Waals surface area contributed by atoms with Gasteiger partial charge in [0.1, 0.15) is 10.7 Å². The molecule has 15 heavy (non-hydrogen) atoms. The number of nitrogens with zero attached hydrogens (tertiary/aromatic N) is 2. The van der Waals surface area contributed by atoms with Crippen LogP contribution < -0.4 is 10.6 Å². The van der Waals surface area contributed by atoms with Crippen LogP contribution in [-0.2, 0) is 19.5 Å². The van der Waals surface area contributed by atoms with E-state index in [-0.39, 0.29) is 0 Å². The predicted molar refractivity (Wildman–Crippen MR) is 62.0 cm³/mol. The maximum atomic E-state index is 5.39. The molecule has 1 aromatic rings. The van der Waals surface area contributed by atoms with E-state index in [0.29, 0.717) is 0 Å². The molecule has 0 saturated carbocycles. The van der Waals surface area contributed by atoms with Gasteiger partial charge in [-0.25, -0.2) is 0 Å². The van der Waals surface area contributed by atoms with Crippen molar-refractivity contribution in [1.29, 1.82) is 0 Å². The minimum atomic E-state index is 0.866. The van der Waals surface area contributed by atoms with E-state index >= 15 is 0 Å². The van der Waals surface area contributed by atoms with Gasteiger partial charge in [-0.1, -0.05) is 12.2 Å². The molecule has 0 unspecified atom stereocenters. The second kappa shape index (κ2) is 3.57. The maximum Gasteiger partial charge on any atom is 0.125 e. The van der Waals surface area contributed by atoms with Gasteiger partial charge in [0.05, 0.1) is 5.69 Å².